The predicted octanol–water partition coefficient (Wildman–Crippen LogP) is 3.10. The first-order chi connectivity index (χ1) is 9.80. The van der Waals surface area contributed by atoms with Crippen LogP contribution in [0.4, 0.5) is 0 Å². The molecule has 0 aliphatic carbocycles. The van der Waals surface area contributed by atoms with Crippen molar-refractivity contribution in [3.63, 3.8) is 0 Å². The van der Waals surface area contributed by atoms with Crippen molar-refractivity contribution in [2.75, 3.05) is 6.61 Å². The van der Waals surface area contributed by atoms with Gasteiger partial charge in [-0.25, -0.2) is 0 Å². The summed E-state index contributed by atoms with van der Waals surface area (Å²) < 4.78 is 11.1. The van der Waals surface area contributed by atoms with Gasteiger partial charge in [-0.1, -0.05) is 30.3 Å². The molecule has 21 heavy (non-hydrogen) atoms. The Bertz CT molecular complexity index is 439. The third-order valence-corrected chi connectivity index (χ3v) is 3.59. The Morgan fingerprint density at radius 3 is 2.29 bits per heavy atom. The lowest BCUT2D eigenvalue weighted by Crippen LogP contribution is -2.38. The van der Waals surface area contributed by atoms with Crippen LogP contribution in [0.25, 0.3) is 0 Å². The minimum atomic E-state index is -0.847. The molecular formula is C17H26O4. The van der Waals surface area contributed by atoms with E-state index in [0.717, 1.165) is 5.56 Å². The van der Waals surface area contributed by atoms with Gasteiger partial charge in [0.05, 0.1) is 30.3 Å². The van der Waals surface area contributed by atoms with Gasteiger partial charge in [0.1, 0.15) is 0 Å². The number of ether oxygens (including phenoxy) is 2. The van der Waals surface area contributed by atoms with Crippen LogP contribution < -0.4 is 0 Å². The number of benzene rings is 1. The van der Waals surface area contributed by atoms with Gasteiger partial charge in [-0.3, -0.25) is 4.79 Å². The van der Waals surface area contributed by atoms with Crippen LogP contribution in [-0.4, -0.2) is 29.9 Å². The van der Waals surface area contributed by atoms with Crippen molar-refractivity contribution >= 4 is 5.97 Å². The molecule has 0 unspecified atom stereocenters. The monoisotopic (exact) mass is 294 g/mol. The fourth-order valence-electron chi connectivity index (χ4n) is 2.05. The molecule has 1 N–H and O–H groups in total. The van der Waals surface area contributed by atoms with Crippen molar-refractivity contribution < 1.29 is 19.4 Å². The van der Waals surface area contributed by atoms with E-state index in [1.165, 1.54) is 0 Å². The molecule has 0 bridgehead atoms. The zero-order valence-corrected chi connectivity index (χ0v) is 13.5. The van der Waals surface area contributed by atoms with Gasteiger partial charge in [0.15, 0.2) is 0 Å². The van der Waals surface area contributed by atoms with Gasteiger partial charge in [-0.15, -0.1) is 0 Å². The van der Waals surface area contributed by atoms with Crippen molar-refractivity contribution in [2.24, 2.45) is 5.41 Å². The lowest BCUT2D eigenvalue weighted by molar-refractivity contribution is -0.170. The Labute approximate surface area is 127 Å². The third kappa shape index (κ3) is 4.55. The Balaban J connectivity index is 3.10. The van der Waals surface area contributed by atoms with Crippen LogP contribution >= 0.6 is 0 Å². The lowest BCUT2D eigenvalue weighted by atomic mass is 9.82. The summed E-state index contributed by atoms with van der Waals surface area (Å²) in [5.41, 5.74) is 0.0450. The van der Waals surface area contributed by atoms with Crippen molar-refractivity contribution in [3.05, 3.63) is 35.9 Å². The summed E-state index contributed by atoms with van der Waals surface area (Å²) in [6, 6.07) is 9.55. The summed E-state index contributed by atoms with van der Waals surface area (Å²) in [5, 5.41) is 9.68. The van der Waals surface area contributed by atoms with Gasteiger partial charge in [0, 0.05) is 0 Å². The maximum absolute atomic E-state index is 12.3. The minimum absolute atomic E-state index is 0.309. The number of esters is 1. The van der Waals surface area contributed by atoms with Crippen LogP contribution in [0.2, 0.25) is 0 Å². The number of aliphatic hydroxyl groups excluding tert-OH is 1. The van der Waals surface area contributed by atoms with Crippen LogP contribution in [0.1, 0.15) is 46.3 Å². The molecule has 0 heterocycles. The van der Waals surface area contributed by atoms with Gasteiger partial charge >= 0.3 is 5.97 Å². The van der Waals surface area contributed by atoms with E-state index in [1.807, 2.05) is 30.3 Å². The summed E-state index contributed by atoms with van der Waals surface area (Å²) in [6.45, 7) is 9.18. The Hall–Kier alpha value is -1.39. The van der Waals surface area contributed by atoms with Crippen LogP contribution in [-0.2, 0) is 14.3 Å². The van der Waals surface area contributed by atoms with Crippen molar-refractivity contribution in [2.45, 2.75) is 52.9 Å². The molecule has 4 nitrogen and oxygen atoms in total. The summed E-state index contributed by atoms with van der Waals surface area (Å²) in [7, 11) is 0. The fourth-order valence-corrected chi connectivity index (χ4v) is 2.05. The van der Waals surface area contributed by atoms with E-state index >= 15 is 0 Å². The summed E-state index contributed by atoms with van der Waals surface area (Å²) in [6.07, 6.45) is -1.49. The number of carbonyl (C=O) groups is 1. The molecule has 118 valence electrons. The average Bonchev–Trinajstić information content (AvgIpc) is 2.45. The SMILES string of the molecule is CCOC(=O)C(C)(C)[C@@H](O[C@H](C)[C@H](C)O)c1ccccc1. The highest BCUT2D eigenvalue weighted by atomic mass is 16.5. The Morgan fingerprint density at radius 2 is 1.81 bits per heavy atom. The van der Waals surface area contributed by atoms with E-state index in [-0.39, 0.29) is 12.1 Å². The highest BCUT2D eigenvalue weighted by molar-refractivity contribution is 5.77. The van der Waals surface area contributed by atoms with Gasteiger partial charge in [0.2, 0.25) is 0 Å². The molecule has 0 radical (unpaired) electrons. The van der Waals surface area contributed by atoms with Crippen LogP contribution in [0.15, 0.2) is 30.3 Å². The molecule has 0 fully saturated rings. The summed E-state index contributed by atoms with van der Waals surface area (Å²) >= 11 is 0. The second kappa shape index (κ2) is 7.57. The molecule has 0 spiro atoms. The maximum atomic E-state index is 12.3. The first kappa shape index (κ1) is 17.7. The van der Waals surface area contributed by atoms with Gasteiger partial charge in [-0.05, 0) is 40.2 Å². The molecule has 0 aliphatic rings. The zero-order valence-electron chi connectivity index (χ0n) is 13.5. The van der Waals surface area contributed by atoms with Gasteiger partial charge < -0.3 is 14.6 Å². The molecule has 0 amide bonds. The number of hydrogen-bond acceptors (Lipinski definition) is 4. The molecule has 1 aromatic carbocycles. The first-order valence-electron chi connectivity index (χ1n) is 7.36. The number of carbonyl (C=O) groups excluding carboxylic acids is 1. The first-order valence-corrected chi connectivity index (χ1v) is 7.36. The average molecular weight is 294 g/mol. The minimum Gasteiger partial charge on any atom is -0.465 e. The normalized spacial score (nSPS) is 16.1. The van der Waals surface area contributed by atoms with E-state index < -0.39 is 17.6 Å². The van der Waals surface area contributed by atoms with E-state index in [2.05, 4.69) is 0 Å². The fraction of sp³-hybridized carbons (Fsp3) is 0.588. The van der Waals surface area contributed by atoms with Crippen LogP contribution in [0.5, 0.6) is 0 Å². The Kier molecular flexibility index (Phi) is 6.37. The van der Waals surface area contributed by atoms with Gasteiger partial charge in [0.25, 0.3) is 0 Å². The summed E-state index contributed by atoms with van der Waals surface area (Å²) in [4.78, 5) is 12.3. The second-order valence-electron chi connectivity index (χ2n) is 5.81. The van der Waals surface area contributed by atoms with Crippen molar-refractivity contribution in [3.8, 4) is 0 Å². The molecular weight excluding hydrogens is 268 g/mol. The Morgan fingerprint density at radius 1 is 1.24 bits per heavy atom. The quantitative estimate of drug-likeness (QED) is 0.785. The van der Waals surface area contributed by atoms with Crippen LogP contribution in [0.3, 0.4) is 0 Å². The molecule has 1 rings (SSSR count). The highest BCUT2D eigenvalue weighted by Crippen LogP contribution is 2.38. The zero-order chi connectivity index (χ0) is 16.0. The molecule has 0 aromatic heterocycles. The van der Waals surface area contributed by atoms with E-state index in [1.54, 1.807) is 34.6 Å². The van der Waals surface area contributed by atoms with E-state index in [4.69, 9.17) is 9.47 Å². The standard InChI is InChI=1S/C17H26O4/c1-6-20-16(19)17(4,5)15(21-13(3)12(2)18)14-10-8-7-9-11-14/h7-13,15,18H,6H2,1-5H3/t12-,13+,15-/m0/s1. The largest absolute Gasteiger partial charge is 0.465 e. The number of rotatable bonds is 7. The number of aliphatic hydroxyl groups is 1. The summed E-state index contributed by atoms with van der Waals surface area (Å²) in [5.74, 6) is -0.309. The van der Waals surface area contributed by atoms with E-state index in [0.29, 0.717) is 6.61 Å². The maximum Gasteiger partial charge on any atom is 0.314 e. The molecule has 0 saturated heterocycles. The molecule has 0 saturated carbocycles. The third-order valence-electron chi connectivity index (χ3n) is 3.59. The molecule has 4 heteroatoms. The second-order valence-corrected chi connectivity index (χ2v) is 5.81. The molecule has 0 aliphatic heterocycles. The van der Waals surface area contributed by atoms with Gasteiger partial charge in [-0.2, -0.15) is 0 Å². The number of hydrogen-bond donors (Lipinski definition) is 1. The van der Waals surface area contributed by atoms with Crippen molar-refractivity contribution in [1.82, 2.24) is 0 Å². The van der Waals surface area contributed by atoms with Crippen molar-refractivity contribution in [1.29, 1.82) is 0 Å². The lowest BCUT2D eigenvalue weighted by Gasteiger charge is -2.35. The predicted molar refractivity (Wildman–Crippen MR) is 81.8 cm³/mol. The van der Waals surface area contributed by atoms with Crippen LogP contribution in [0, 0.1) is 5.41 Å². The smallest absolute Gasteiger partial charge is 0.314 e. The van der Waals surface area contributed by atoms with E-state index in [9.17, 15) is 9.90 Å². The highest BCUT2D eigenvalue weighted by Gasteiger charge is 2.41. The molecule has 3 atom stereocenters. The topological polar surface area (TPSA) is 55.8 Å². The molecule has 1 aromatic rings.